The minimum atomic E-state index is -5.08. The second-order valence-corrected chi connectivity index (χ2v) is 15.4. The number of likely N-dealkylation sites (tertiary alicyclic amines) is 1. The van der Waals surface area contributed by atoms with Gasteiger partial charge in [0.2, 0.25) is 5.91 Å². The largest absolute Gasteiger partial charge is 0.490 e. The van der Waals surface area contributed by atoms with Crippen LogP contribution in [0.1, 0.15) is 82.4 Å². The molecule has 0 bridgehead atoms. The number of benzene rings is 4. The van der Waals surface area contributed by atoms with Gasteiger partial charge in [-0.1, -0.05) is 92.1 Å². The van der Waals surface area contributed by atoms with Crippen molar-refractivity contribution in [2.24, 2.45) is 11.8 Å². The molecule has 2 aliphatic rings. The van der Waals surface area contributed by atoms with Crippen molar-refractivity contribution in [3.63, 3.8) is 0 Å². The van der Waals surface area contributed by atoms with Crippen LogP contribution in [0.5, 0.6) is 0 Å². The Bertz CT molecular complexity index is 2000. The summed E-state index contributed by atoms with van der Waals surface area (Å²) in [5, 5.41) is 10.6. The monoisotopic (exact) mass is 829 g/mol. The van der Waals surface area contributed by atoms with Crippen molar-refractivity contribution in [1.82, 2.24) is 15.1 Å². The molecular formula is C47H54F3N3O7. The van der Waals surface area contributed by atoms with Crippen molar-refractivity contribution in [2.75, 3.05) is 39.9 Å². The lowest BCUT2D eigenvalue weighted by molar-refractivity contribution is -0.192. The zero-order valence-corrected chi connectivity index (χ0v) is 34.0. The lowest BCUT2D eigenvalue weighted by Gasteiger charge is -2.32. The highest BCUT2D eigenvalue weighted by Gasteiger charge is 2.38. The first kappa shape index (κ1) is 45.6. The van der Waals surface area contributed by atoms with Crippen LogP contribution in [0.2, 0.25) is 0 Å². The summed E-state index contributed by atoms with van der Waals surface area (Å²) in [6.45, 7) is 4.97. The van der Waals surface area contributed by atoms with E-state index in [1.165, 1.54) is 52.3 Å². The summed E-state index contributed by atoms with van der Waals surface area (Å²) in [5.74, 6) is -1.60. The quantitative estimate of drug-likeness (QED) is 0.114. The van der Waals surface area contributed by atoms with E-state index in [1.807, 2.05) is 89.8 Å². The van der Waals surface area contributed by atoms with Crippen molar-refractivity contribution in [3.8, 4) is 11.1 Å². The first-order valence-electron chi connectivity index (χ1n) is 20.5. The number of hydrogen-bond acceptors (Lipinski definition) is 7. The summed E-state index contributed by atoms with van der Waals surface area (Å²) in [5.41, 5.74) is 5.97. The van der Waals surface area contributed by atoms with Crippen molar-refractivity contribution >= 4 is 23.8 Å². The van der Waals surface area contributed by atoms with Crippen LogP contribution in [0.25, 0.3) is 11.1 Å². The molecule has 60 heavy (non-hydrogen) atoms. The Balaban J connectivity index is 0.000000896. The van der Waals surface area contributed by atoms with Gasteiger partial charge in [0.25, 0.3) is 5.91 Å². The maximum atomic E-state index is 13.7. The van der Waals surface area contributed by atoms with Crippen molar-refractivity contribution in [1.29, 1.82) is 0 Å². The number of nitrogens with zero attached hydrogens (tertiary/aromatic N) is 2. The van der Waals surface area contributed by atoms with Crippen LogP contribution in [0.3, 0.4) is 0 Å². The summed E-state index contributed by atoms with van der Waals surface area (Å²) >= 11 is 0. The van der Waals surface area contributed by atoms with E-state index in [0.29, 0.717) is 30.8 Å². The summed E-state index contributed by atoms with van der Waals surface area (Å²) in [6.07, 6.45) is 3.65. The molecule has 2 fully saturated rings. The minimum Gasteiger partial charge on any atom is -0.475 e. The van der Waals surface area contributed by atoms with Gasteiger partial charge in [-0.05, 0) is 109 Å². The number of alkyl halides is 3. The summed E-state index contributed by atoms with van der Waals surface area (Å²) in [6, 6.07) is 33.0. The number of esters is 1. The number of amides is 2. The molecule has 0 saturated carbocycles. The highest BCUT2D eigenvalue weighted by molar-refractivity contribution is 5.95. The fourth-order valence-corrected chi connectivity index (χ4v) is 7.61. The lowest BCUT2D eigenvalue weighted by atomic mass is 9.87. The second kappa shape index (κ2) is 22.7. The van der Waals surface area contributed by atoms with Crippen LogP contribution < -0.4 is 5.32 Å². The van der Waals surface area contributed by atoms with E-state index in [1.54, 1.807) is 17.0 Å². The third-order valence-electron chi connectivity index (χ3n) is 11.0. The molecule has 4 aromatic rings. The van der Waals surface area contributed by atoms with Crippen LogP contribution in [0, 0.1) is 11.8 Å². The van der Waals surface area contributed by atoms with E-state index >= 15 is 0 Å². The minimum absolute atomic E-state index is 0.0609. The zero-order chi connectivity index (χ0) is 42.9. The van der Waals surface area contributed by atoms with Gasteiger partial charge >= 0.3 is 18.1 Å². The van der Waals surface area contributed by atoms with E-state index in [2.05, 4.69) is 11.4 Å². The third kappa shape index (κ3) is 14.3. The topological polar surface area (TPSA) is 125 Å². The van der Waals surface area contributed by atoms with Crippen molar-refractivity contribution < 1.29 is 46.9 Å². The Labute approximate surface area is 349 Å². The number of carbonyl (C=O) groups is 4. The van der Waals surface area contributed by atoms with Crippen LogP contribution in [-0.2, 0) is 38.8 Å². The second-order valence-electron chi connectivity index (χ2n) is 15.4. The first-order valence-corrected chi connectivity index (χ1v) is 20.5. The maximum absolute atomic E-state index is 13.7. The number of hydrogen-bond donors (Lipinski definition) is 2. The van der Waals surface area contributed by atoms with E-state index in [0.717, 1.165) is 65.6 Å². The normalized spacial score (nSPS) is 14.8. The molecule has 2 N–H and O–H groups in total. The number of rotatable bonds is 15. The Morgan fingerprint density at radius 1 is 0.733 bits per heavy atom. The number of ether oxygens (including phenoxy) is 2. The van der Waals surface area contributed by atoms with E-state index in [-0.39, 0.29) is 18.4 Å². The van der Waals surface area contributed by atoms with Gasteiger partial charge in [-0.15, -0.1) is 0 Å². The summed E-state index contributed by atoms with van der Waals surface area (Å²) in [7, 11) is 1.36. The van der Waals surface area contributed by atoms with Gasteiger partial charge in [0, 0.05) is 31.7 Å². The average Bonchev–Trinajstić information content (AvgIpc) is 3.27. The van der Waals surface area contributed by atoms with Gasteiger partial charge in [0.05, 0.1) is 19.3 Å². The van der Waals surface area contributed by atoms with Gasteiger partial charge in [0.1, 0.15) is 6.61 Å². The number of aliphatic carboxylic acids is 1. The maximum Gasteiger partial charge on any atom is 0.490 e. The zero-order valence-electron chi connectivity index (χ0n) is 34.0. The molecule has 2 aliphatic heterocycles. The smallest absolute Gasteiger partial charge is 0.475 e. The van der Waals surface area contributed by atoms with Gasteiger partial charge in [-0.3, -0.25) is 9.59 Å². The molecule has 2 saturated heterocycles. The van der Waals surface area contributed by atoms with E-state index in [9.17, 15) is 27.6 Å². The highest BCUT2D eigenvalue weighted by atomic mass is 19.4. The molecular weight excluding hydrogens is 776 g/mol. The van der Waals surface area contributed by atoms with Gasteiger partial charge in [-0.25, -0.2) is 9.59 Å². The van der Waals surface area contributed by atoms with Crippen LogP contribution in [0.4, 0.5) is 13.2 Å². The summed E-state index contributed by atoms with van der Waals surface area (Å²) < 4.78 is 42.4. The molecule has 6 rings (SSSR count). The fraction of sp³-hybridized carbons (Fsp3) is 0.404. The van der Waals surface area contributed by atoms with E-state index in [4.69, 9.17) is 19.4 Å². The van der Waals surface area contributed by atoms with Gasteiger partial charge in [-0.2, -0.15) is 13.2 Å². The van der Waals surface area contributed by atoms with Crippen molar-refractivity contribution in [2.45, 2.75) is 70.8 Å². The molecule has 10 nitrogen and oxygen atoms in total. The first-order chi connectivity index (χ1) is 28.9. The molecule has 13 heteroatoms. The Hall–Kier alpha value is -5.53. The highest BCUT2D eigenvalue weighted by Crippen LogP contribution is 2.28. The Kier molecular flexibility index (Phi) is 17.3. The molecule has 0 atom stereocenters. The number of carbonyl (C=O) groups excluding carboxylic acids is 3. The molecule has 0 spiro atoms. The van der Waals surface area contributed by atoms with Crippen LogP contribution in [0.15, 0.2) is 103 Å². The van der Waals surface area contributed by atoms with E-state index < -0.39 is 18.1 Å². The number of carboxylic acid groups (broad SMARTS) is 1. The number of piperidine rings is 2. The third-order valence-corrected chi connectivity index (χ3v) is 11.0. The SMILES string of the molecule is COC(=O)c1ccc(CN(Cc2cccc(-c3cccc(C(=O)N4CCC(CCCC5CCNCC5)CC4)c3)c2)C(=O)COCc2ccccc2)cc1.O=C(O)C(F)(F)F. The number of carboxylic acids is 1. The molecule has 0 aliphatic carbocycles. The molecule has 0 unspecified atom stereocenters. The Morgan fingerprint density at radius 3 is 1.95 bits per heavy atom. The predicted molar refractivity (Wildman–Crippen MR) is 222 cm³/mol. The number of methoxy groups -OCH3 is 1. The molecule has 2 amide bonds. The molecule has 320 valence electrons. The van der Waals surface area contributed by atoms with Crippen molar-refractivity contribution in [3.05, 3.63) is 131 Å². The standard InChI is InChI=1S/C45H53N3O5.C2HF3O2/c1-52-45(51)39-18-16-36(17-19-39)30-48(43(49)33-53-32-37-8-3-2-4-9-37)31-38-12-6-13-40(28-38)41-14-7-15-42(29-41)44(50)47-26-22-35(23-27-47)11-5-10-34-20-24-46-25-21-34;3-2(4,5)1(6)7/h2-4,6-9,12-19,28-29,34-35,46H,5,10-11,20-27,30-33H2,1H3;(H,6,7). The molecule has 2 heterocycles. The van der Waals surface area contributed by atoms with Gasteiger partial charge in [0.15, 0.2) is 0 Å². The number of halogens is 3. The van der Waals surface area contributed by atoms with Crippen LogP contribution >= 0.6 is 0 Å². The van der Waals surface area contributed by atoms with Gasteiger partial charge < -0.3 is 29.7 Å². The average molecular weight is 830 g/mol. The molecule has 0 radical (unpaired) electrons. The molecule has 4 aromatic carbocycles. The lowest BCUT2D eigenvalue weighted by Crippen LogP contribution is -2.38. The fourth-order valence-electron chi connectivity index (χ4n) is 7.61. The predicted octanol–water partition coefficient (Wildman–Crippen LogP) is 8.54. The summed E-state index contributed by atoms with van der Waals surface area (Å²) in [4.78, 5) is 51.9. The Morgan fingerprint density at radius 2 is 1.32 bits per heavy atom. The molecule has 0 aromatic heterocycles. The van der Waals surface area contributed by atoms with Crippen LogP contribution in [-0.4, -0.2) is 84.7 Å². The number of nitrogens with one attached hydrogen (secondary N) is 1.